The molecule has 0 saturated carbocycles. The number of amides is 1. The Morgan fingerprint density at radius 3 is 2.32 bits per heavy atom. The second kappa shape index (κ2) is 11.2. The third kappa shape index (κ3) is 5.88. The van der Waals surface area contributed by atoms with Gasteiger partial charge in [-0.1, -0.05) is 77.3 Å². The van der Waals surface area contributed by atoms with E-state index in [1.165, 1.54) is 0 Å². The van der Waals surface area contributed by atoms with Gasteiger partial charge in [0.15, 0.2) is 11.7 Å². The number of carbonyl (C=O) groups excluding carboxylic acids is 1. The first-order valence-electron chi connectivity index (χ1n) is 11.2. The van der Waals surface area contributed by atoms with Gasteiger partial charge in [-0.3, -0.25) is 4.79 Å². The number of halogens is 3. The number of allylic oxidation sites excluding steroid dienone is 1. The quantitative estimate of drug-likeness (QED) is 0.252. The molecule has 1 amide bonds. The molecule has 1 unspecified atom stereocenters. The SMILES string of the molecule is C/C(=C\c1cccc(Cl)c1)c1c(C)c(C(=O)NC(C(=O)O)c2ccccc2)nn1-c1ccc(Cl)cc1Cl. The normalized spacial score (nSPS) is 12.3. The fraction of sp³-hybridized carbons (Fsp3) is 0.107. The van der Waals surface area contributed by atoms with Crippen LogP contribution in [0.25, 0.3) is 17.3 Å². The molecule has 9 heteroatoms. The van der Waals surface area contributed by atoms with E-state index in [-0.39, 0.29) is 5.69 Å². The van der Waals surface area contributed by atoms with E-state index < -0.39 is 17.9 Å². The van der Waals surface area contributed by atoms with Crippen LogP contribution >= 0.6 is 34.8 Å². The van der Waals surface area contributed by atoms with E-state index in [4.69, 9.17) is 34.8 Å². The highest BCUT2D eigenvalue weighted by molar-refractivity contribution is 6.35. The van der Waals surface area contributed by atoms with Crippen molar-refractivity contribution in [2.45, 2.75) is 19.9 Å². The zero-order chi connectivity index (χ0) is 26.7. The van der Waals surface area contributed by atoms with Crippen molar-refractivity contribution in [2.75, 3.05) is 0 Å². The zero-order valence-corrected chi connectivity index (χ0v) is 22.1. The standard InChI is InChI=1S/C28H22Cl3N3O3/c1-16(13-18-7-6-10-20(29)14-18)26-17(2)24(33-34(26)23-12-11-21(30)15-22(23)31)27(35)32-25(28(36)37)19-8-4-3-5-9-19/h3-15,25H,1-2H3,(H,32,35)(H,36,37)/b16-13+. The van der Waals surface area contributed by atoms with Gasteiger partial charge in [0.2, 0.25) is 0 Å². The van der Waals surface area contributed by atoms with Crippen LogP contribution in [0.1, 0.15) is 45.8 Å². The van der Waals surface area contributed by atoms with E-state index in [1.807, 2.05) is 31.2 Å². The second-order valence-electron chi connectivity index (χ2n) is 8.37. The summed E-state index contributed by atoms with van der Waals surface area (Å²) in [6, 6.07) is 19.6. The molecule has 4 aromatic rings. The summed E-state index contributed by atoms with van der Waals surface area (Å²) < 4.78 is 1.57. The van der Waals surface area contributed by atoms with Crippen LogP contribution in [-0.2, 0) is 4.79 Å². The Labute approximate surface area is 229 Å². The Kier molecular flexibility index (Phi) is 8.03. The second-order valence-corrected chi connectivity index (χ2v) is 9.65. The number of nitrogens with zero attached hydrogens (tertiary/aromatic N) is 2. The van der Waals surface area contributed by atoms with Crippen molar-refractivity contribution >= 4 is 58.3 Å². The largest absolute Gasteiger partial charge is 0.479 e. The number of nitrogens with one attached hydrogen (secondary N) is 1. The zero-order valence-electron chi connectivity index (χ0n) is 19.9. The van der Waals surface area contributed by atoms with Crippen molar-refractivity contribution in [1.29, 1.82) is 0 Å². The van der Waals surface area contributed by atoms with Crippen molar-refractivity contribution in [2.24, 2.45) is 0 Å². The van der Waals surface area contributed by atoms with Gasteiger partial charge in [-0.05, 0) is 67.0 Å². The highest BCUT2D eigenvalue weighted by atomic mass is 35.5. The first-order chi connectivity index (χ1) is 17.7. The summed E-state index contributed by atoms with van der Waals surface area (Å²) in [5.41, 5.74) is 3.85. The summed E-state index contributed by atoms with van der Waals surface area (Å²) in [5, 5.41) is 18.3. The minimum atomic E-state index is -1.25. The maximum Gasteiger partial charge on any atom is 0.330 e. The van der Waals surface area contributed by atoms with Gasteiger partial charge < -0.3 is 10.4 Å². The van der Waals surface area contributed by atoms with E-state index >= 15 is 0 Å². The van der Waals surface area contributed by atoms with Crippen molar-refractivity contribution in [3.05, 3.63) is 116 Å². The first-order valence-corrected chi connectivity index (χ1v) is 12.4. The van der Waals surface area contributed by atoms with Crippen LogP contribution in [0.5, 0.6) is 0 Å². The summed E-state index contributed by atoms with van der Waals surface area (Å²) in [5.74, 6) is -1.82. The van der Waals surface area contributed by atoms with Crippen LogP contribution in [-0.4, -0.2) is 26.8 Å². The molecule has 3 aromatic carbocycles. The molecule has 0 aliphatic carbocycles. The first kappa shape index (κ1) is 26.5. The predicted molar refractivity (Wildman–Crippen MR) is 148 cm³/mol. The van der Waals surface area contributed by atoms with Crippen LogP contribution in [0.15, 0.2) is 72.8 Å². The van der Waals surface area contributed by atoms with Crippen molar-refractivity contribution in [3.8, 4) is 5.69 Å². The molecule has 1 atom stereocenters. The molecule has 0 saturated heterocycles. The Hall–Kier alpha value is -3.58. The van der Waals surface area contributed by atoms with E-state index in [0.717, 1.165) is 11.1 Å². The Morgan fingerprint density at radius 1 is 0.973 bits per heavy atom. The monoisotopic (exact) mass is 553 g/mol. The topological polar surface area (TPSA) is 84.2 Å². The highest BCUT2D eigenvalue weighted by Crippen LogP contribution is 2.31. The molecule has 0 aliphatic rings. The van der Waals surface area contributed by atoms with Crippen LogP contribution in [0, 0.1) is 6.92 Å². The van der Waals surface area contributed by atoms with Crippen molar-refractivity contribution < 1.29 is 14.7 Å². The molecule has 37 heavy (non-hydrogen) atoms. The lowest BCUT2D eigenvalue weighted by Gasteiger charge is -2.14. The maximum atomic E-state index is 13.4. The van der Waals surface area contributed by atoms with Gasteiger partial charge in [-0.15, -0.1) is 0 Å². The number of aromatic nitrogens is 2. The number of hydrogen-bond acceptors (Lipinski definition) is 3. The fourth-order valence-electron chi connectivity index (χ4n) is 4.05. The Bertz CT molecular complexity index is 1510. The van der Waals surface area contributed by atoms with E-state index in [1.54, 1.807) is 66.2 Å². The molecule has 6 nitrogen and oxygen atoms in total. The van der Waals surface area contributed by atoms with Gasteiger partial charge in [0.25, 0.3) is 5.91 Å². The highest BCUT2D eigenvalue weighted by Gasteiger charge is 2.28. The number of hydrogen-bond donors (Lipinski definition) is 2. The summed E-state index contributed by atoms with van der Waals surface area (Å²) in [6.45, 7) is 3.64. The molecule has 0 fully saturated rings. The predicted octanol–water partition coefficient (Wildman–Crippen LogP) is 7.26. The number of carboxylic acid groups (broad SMARTS) is 1. The number of aliphatic carboxylic acids is 1. The van der Waals surface area contributed by atoms with E-state index in [0.29, 0.717) is 37.6 Å². The van der Waals surface area contributed by atoms with Crippen LogP contribution in [0.2, 0.25) is 15.1 Å². The van der Waals surface area contributed by atoms with Gasteiger partial charge in [0.1, 0.15) is 0 Å². The van der Waals surface area contributed by atoms with Gasteiger partial charge in [-0.2, -0.15) is 5.10 Å². The minimum Gasteiger partial charge on any atom is -0.479 e. The van der Waals surface area contributed by atoms with E-state index in [2.05, 4.69) is 10.4 Å². The molecule has 2 N–H and O–H groups in total. The van der Waals surface area contributed by atoms with Gasteiger partial charge in [-0.25, -0.2) is 9.48 Å². The molecule has 0 spiro atoms. The summed E-state index contributed by atoms with van der Waals surface area (Å²) in [4.78, 5) is 25.3. The number of benzene rings is 3. The average Bonchev–Trinajstić information content (AvgIpc) is 3.19. The molecular weight excluding hydrogens is 533 g/mol. The van der Waals surface area contributed by atoms with Gasteiger partial charge >= 0.3 is 5.97 Å². The van der Waals surface area contributed by atoms with Crippen LogP contribution in [0.4, 0.5) is 0 Å². The van der Waals surface area contributed by atoms with Crippen LogP contribution in [0.3, 0.4) is 0 Å². The van der Waals surface area contributed by atoms with Crippen molar-refractivity contribution in [3.63, 3.8) is 0 Å². The van der Waals surface area contributed by atoms with Crippen molar-refractivity contribution in [1.82, 2.24) is 15.1 Å². The Morgan fingerprint density at radius 2 is 1.68 bits per heavy atom. The van der Waals surface area contributed by atoms with Gasteiger partial charge in [0.05, 0.1) is 16.4 Å². The molecule has 1 heterocycles. The molecule has 0 bridgehead atoms. The minimum absolute atomic E-state index is 0.0713. The molecule has 1 aromatic heterocycles. The Balaban J connectivity index is 1.83. The third-order valence-electron chi connectivity index (χ3n) is 5.74. The fourth-order valence-corrected chi connectivity index (χ4v) is 4.74. The van der Waals surface area contributed by atoms with E-state index in [9.17, 15) is 14.7 Å². The summed E-state index contributed by atoms with van der Waals surface area (Å²) in [6.07, 6.45) is 1.92. The average molecular weight is 555 g/mol. The molecule has 4 rings (SSSR count). The lowest BCUT2D eigenvalue weighted by atomic mass is 10.0. The van der Waals surface area contributed by atoms with Crippen LogP contribution < -0.4 is 5.32 Å². The third-order valence-corrected chi connectivity index (χ3v) is 6.51. The number of carbonyl (C=O) groups is 2. The number of rotatable bonds is 7. The summed E-state index contributed by atoms with van der Waals surface area (Å²) >= 11 is 18.8. The van der Waals surface area contributed by atoms with Gasteiger partial charge in [0, 0.05) is 15.6 Å². The smallest absolute Gasteiger partial charge is 0.330 e. The lowest BCUT2D eigenvalue weighted by Crippen LogP contribution is -2.34. The number of carboxylic acids is 1. The summed E-state index contributed by atoms with van der Waals surface area (Å²) in [7, 11) is 0. The molecular formula is C28H22Cl3N3O3. The maximum absolute atomic E-state index is 13.4. The molecule has 0 aliphatic heterocycles. The molecule has 188 valence electrons. The molecule has 0 radical (unpaired) electrons. The lowest BCUT2D eigenvalue weighted by molar-refractivity contribution is -0.139.